The summed E-state index contributed by atoms with van der Waals surface area (Å²) >= 11 is 2.00. The van der Waals surface area contributed by atoms with Crippen molar-refractivity contribution < 1.29 is 4.79 Å². The maximum atomic E-state index is 12.0. The second kappa shape index (κ2) is 7.09. The molecule has 0 aromatic heterocycles. The Labute approximate surface area is 130 Å². The summed E-state index contributed by atoms with van der Waals surface area (Å²) in [6.07, 6.45) is 2.54. The molecule has 1 aromatic carbocycles. The lowest BCUT2D eigenvalue weighted by Crippen LogP contribution is -2.39. The molecule has 2 aliphatic heterocycles. The molecule has 0 saturated carbocycles. The van der Waals surface area contributed by atoms with Crippen molar-refractivity contribution in [2.45, 2.75) is 25.3 Å². The largest absolute Gasteiger partial charge is 0.311 e. The van der Waals surface area contributed by atoms with Crippen LogP contribution >= 0.6 is 11.8 Å². The van der Waals surface area contributed by atoms with Crippen LogP contribution in [0.15, 0.2) is 35.4 Å². The average Bonchev–Trinajstić information content (AvgIpc) is 3.03. The third kappa shape index (κ3) is 3.86. The van der Waals surface area contributed by atoms with Gasteiger partial charge in [-0.1, -0.05) is 30.3 Å². The standard InChI is InChI=1S/C16H21N3OS/c20-16-7-6-15(13-4-2-1-3-5-13)18-19(16)10-9-17-14-8-11-21-12-14/h1-5,14,17H,6-12H2. The zero-order chi connectivity index (χ0) is 14.5. The van der Waals surface area contributed by atoms with Crippen molar-refractivity contribution in [2.24, 2.45) is 5.10 Å². The molecule has 1 N–H and O–H groups in total. The van der Waals surface area contributed by atoms with Crippen LogP contribution in [-0.2, 0) is 4.79 Å². The Balaban J connectivity index is 1.58. The summed E-state index contributed by atoms with van der Waals surface area (Å²) in [6, 6.07) is 10.7. The first-order valence-electron chi connectivity index (χ1n) is 7.57. The van der Waals surface area contributed by atoms with Gasteiger partial charge in [-0.3, -0.25) is 4.79 Å². The summed E-state index contributed by atoms with van der Waals surface area (Å²) in [5.41, 5.74) is 2.14. The summed E-state index contributed by atoms with van der Waals surface area (Å²) < 4.78 is 0. The molecule has 1 unspecified atom stereocenters. The van der Waals surface area contributed by atoms with E-state index in [4.69, 9.17) is 0 Å². The second-order valence-corrected chi connectivity index (χ2v) is 6.59. The maximum Gasteiger partial charge on any atom is 0.243 e. The molecule has 1 amide bonds. The van der Waals surface area contributed by atoms with Crippen LogP contribution in [0.4, 0.5) is 0 Å². The molecule has 5 heteroatoms. The van der Waals surface area contributed by atoms with Crippen molar-refractivity contribution in [1.29, 1.82) is 0 Å². The minimum absolute atomic E-state index is 0.136. The van der Waals surface area contributed by atoms with E-state index >= 15 is 0 Å². The number of hydrazone groups is 1. The number of nitrogens with zero attached hydrogens (tertiary/aromatic N) is 2. The van der Waals surface area contributed by atoms with Crippen molar-refractivity contribution in [1.82, 2.24) is 10.3 Å². The van der Waals surface area contributed by atoms with Gasteiger partial charge in [0, 0.05) is 31.2 Å². The van der Waals surface area contributed by atoms with E-state index in [1.807, 2.05) is 30.0 Å². The highest BCUT2D eigenvalue weighted by Gasteiger charge is 2.21. The maximum absolute atomic E-state index is 12.0. The normalized spacial score (nSPS) is 22.5. The number of amides is 1. The lowest BCUT2D eigenvalue weighted by atomic mass is 10.0. The van der Waals surface area contributed by atoms with Crippen molar-refractivity contribution in [3.63, 3.8) is 0 Å². The van der Waals surface area contributed by atoms with Crippen LogP contribution in [0.25, 0.3) is 0 Å². The Kier molecular flexibility index (Phi) is 4.93. The molecule has 1 saturated heterocycles. The first-order valence-corrected chi connectivity index (χ1v) is 8.73. The predicted molar refractivity (Wildman–Crippen MR) is 87.7 cm³/mol. The highest BCUT2D eigenvalue weighted by molar-refractivity contribution is 7.99. The zero-order valence-electron chi connectivity index (χ0n) is 12.1. The lowest BCUT2D eigenvalue weighted by molar-refractivity contribution is -0.131. The topological polar surface area (TPSA) is 44.7 Å². The van der Waals surface area contributed by atoms with Gasteiger partial charge in [0.25, 0.3) is 0 Å². The predicted octanol–water partition coefficient (Wildman–Crippen LogP) is 2.11. The first kappa shape index (κ1) is 14.6. The molecule has 0 spiro atoms. The summed E-state index contributed by atoms with van der Waals surface area (Å²) in [6.45, 7) is 1.48. The number of carbonyl (C=O) groups is 1. The summed E-state index contributed by atoms with van der Waals surface area (Å²) in [7, 11) is 0. The Morgan fingerprint density at radius 2 is 2.14 bits per heavy atom. The third-order valence-corrected chi connectivity index (χ3v) is 5.06. The quantitative estimate of drug-likeness (QED) is 0.906. The van der Waals surface area contributed by atoms with Gasteiger partial charge in [0.15, 0.2) is 0 Å². The van der Waals surface area contributed by atoms with E-state index in [0.29, 0.717) is 19.0 Å². The molecule has 0 radical (unpaired) electrons. The molecule has 1 fully saturated rings. The fourth-order valence-corrected chi connectivity index (χ4v) is 3.87. The fraction of sp³-hybridized carbons (Fsp3) is 0.500. The Bertz CT molecular complexity index is 512. The molecule has 4 nitrogen and oxygen atoms in total. The minimum atomic E-state index is 0.136. The number of hydrogen-bond acceptors (Lipinski definition) is 4. The van der Waals surface area contributed by atoms with Crippen LogP contribution in [0.3, 0.4) is 0 Å². The number of carbonyl (C=O) groups excluding carboxylic acids is 1. The van der Waals surface area contributed by atoms with Crippen LogP contribution in [0.2, 0.25) is 0 Å². The van der Waals surface area contributed by atoms with Gasteiger partial charge in [-0.25, -0.2) is 5.01 Å². The van der Waals surface area contributed by atoms with Crippen molar-refractivity contribution in [3.05, 3.63) is 35.9 Å². The molecular weight excluding hydrogens is 282 g/mol. The molecule has 1 atom stereocenters. The van der Waals surface area contributed by atoms with Crippen molar-refractivity contribution in [3.8, 4) is 0 Å². The summed E-state index contributed by atoms with van der Waals surface area (Å²) in [5, 5.41) is 9.71. The number of thioether (sulfide) groups is 1. The number of nitrogens with one attached hydrogen (secondary N) is 1. The van der Waals surface area contributed by atoms with Crippen molar-refractivity contribution >= 4 is 23.4 Å². The van der Waals surface area contributed by atoms with Gasteiger partial charge in [-0.2, -0.15) is 16.9 Å². The van der Waals surface area contributed by atoms with Crippen molar-refractivity contribution in [2.75, 3.05) is 24.6 Å². The van der Waals surface area contributed by atoms with Gasteiger partial charge in [0.1, 0.15) is 0 Å². The third-order valence-electron chi connectivity index (χ3n) is 3.90. The van der Waals surface area contributed by atoms with E-state index in [0.717, 1.165) is 24.2 Å². The molecule has 0 bridgehead atoms. The number of rotatable bonds is 5. The Morgan fingerprint density at radius 3 is 2.90 bits per heavy atom. The van der Waals surface area contributed by atoms with Crippen LogP contribution < -0.4 is 5.32 Å². The highest BCUT2D eigenvalue weighted by atomic mass is 32.2. The SMILES string of the molecule is O=C1CCC(c2ccccc2)=NN1CCNC1CCSC1. The molecule has 21 heavy (non-hydrogen) atoms. The zero-order valence-corrected chi connectivity index (χ0v) is 12.9. The van der Waals surface area contributed by atoms with Crippen LogP contribution in [-0.4, -0.2) is 47.3 Å². The van der Waals surface area contributed by atoms with Gasteiger partial charge in [0.05, 0.1) is 12.3 Å². The van der Waals surface area contributed by atoms with Gasteiger partial charge in [-0.15, -0.1) is 0 Å². The molecule has 2 aliphatic rings. The molecule has 112 valence electrons. The van der Waals surface area contributed by atoms with E-state index in [2.05, 4.69) is 22.6 Å². The monoisotopic (exact) mass is 303 g/mol. The van der Waals surface area contributed by atoms with E-state index < -0.39 is 0 Å². The first-order chi connectivity index (χ1) is 10.3. The molecule has 0 aliphatic carbocycles. The highest BCUT2D eigenvalue weighted by Crippen LogP contribution is 2.17. The molecule has 1 aromatic rings. The van der Waals surface area contributed by atoms with Crippen LogP contribution in [0, 0.1) is 0 Å². The van der Waals surface area contributed by atoms with E-state index in [1.165, 1.54) is 17.9 Å². The van der Waals surface area contributed by atoms with Gasteiger partial charge < -0.3 is 5.32 Å². The lowest BCUT2D eigenvalue weighted by Gasteiger charge is -2.24. The summed E-state index contributed by atoms with van der Waals surface area (Å²) in [5.74, 6) is 2.57. The molecule has 3 rings (SSSR count). The molecular formula is C16H21N3OS. The van der Waals surface area contributed by atoms with E-state index in [1.54, 1.807) is 5.01 Å². The Morgan fingerprint density at radius 1 is 1.29 bits per heavy atom. The minimum Gasteiger partial charge on any atom is -0.311 e. The number of benzene rings is 1. The molecule has 2 heterocycles. The van der Waals surface area contributed by atoms with Crippen LogP contribution in [0.5, 0.6) is 0 Å². The van der Waals surface area contributed by atoms with Crippen LogP contribution in [0.1, 0.15) is 24.8 Å². The van der Waals surface area contributed by atoms with Gasteiger partial charge in [-0.05, 0) is 17.7 Å². The fourth-order valence-electron chi connectivity index (χ4n) is 2.68. The van der Waals surface area contributed by atoms with Gasteiger partial charge >= 0.3 is 0 Å². The number of hydrogen-bond donors (Lipinski definition) is 1. The van der Waals surface area contributed by atoms with Gasteiger partial charge in [0.2, 0.25) is 5.91 Å². The smallest absolute Gasteiger partial charge is 0.243 e. The summed E-state index contributed by atoms with van der Waals surface area (Å²) in [4.78, 5) is 12.0. The van der Waals surface area contributed by atoms with E-state index in [9.17, 15) is 4.79 Å². The second-order valence-electron chi connectivity index (χ2n) is 5.44. The van der Waals surface area contributed by atoms with E-state index in [-0.39, 0.29) is 5.91 Å². The Hall–Kier alpha value is -1.33. The average molecular weight is 303 g/mol.